The molecule has 2 heterocycles. The zero-order chi connectivity index (χ0) is 17.1. The predicted octanol–water partition coefficient (Wildman–Crippen LogP) is 3.47. The first-order valence-corrected chi connectivity index (χ1v) is 7.87. The number of benzene rings is 2. The number of aromatic nitrogens is 1. The number of amides is 1. The summed E-state index contributed by atoms with van der Waals surface area (Å²) < 4.78 is 5.28. The predicted molar refractivity (Wildman–Crippen MR) is 93.0 cm³/mol. The van der Waals surface area contributed by atoms with E-state index in [-0.39, 0.29) is 5.91 Å². The van der Waals surface area contributed by atoms with Gasteiger partial charge in [0.2, 0.25) is 6.10 Å². The van der Waals surface area contributed by atoms with Crippen LogP contribution in [0.1, 0.15) is 12.0 Å². The van der Waals surface area contributed by atoms with E-state index in [0.29, 0.717) is 17.9 Å². The normalized spacial score (nSPS) is 16.2. The lowest BCUT2D eigenvalue weighted by Crippen LogP contribution is -2.28. The van der Waals surface area contributed by atoms with Gasteiger partial charge >= 0.3 is 0 Å². The number of hydrogen-bond acceptors (Lipinski definition) is 5. The number of anilines is 1. The molecule has 6 heteroatoms. The van der Waals surface area contributed by atoms with Gasteiger partial charge in [0, 0.05) is 17.7 Å². The van der Waals surface area contributed by atoms with E-state index in [0.717, 1.165) is 16.8 Å². The minimum atomic E-state index is -0.635. The van der Waals surface area contributed by atoms with Crippen LogP contribution in [0.5, 0.6) is 0 Å². The molecular formula is C19H15N3O3. The summed E-state index contributed by atoms with van der Waals surface area (Å²) in [4.78, 5) is 21.6. The number of carbonyl (C=O) groups is 1. The van der Waals surface area contributed by atoms with Crippen LogP contribution in [-0.4, -0.2) is 22.7 Å². The standard InChI is InChI=1S/C19H15N3O3/c23-19(17-10-16(22-25-17)13-5-2-1-3-6-13)21-15-8-4-7-14(9-15)18-11-20-12-24-18/h1-9,11-12,17H,10H2,(H,21,23)/t17-/m1/s1. The molecule has 124 valence electrons. The Hall–Kier alpha value is -3.41. The molecule has 1 aliphatic heterocycles. The van der Waals surface area contributed by atoms with E-state index in [9.17, 15) is 4.79 Å². The maximum Gasteiger partial charge on any atom is 0.268 e. The lowest BCUT2D eigenvalue weighted by Gasteiger charge is -2.10. The molecule has 6 nitrogen and oxygen atoms in total. The number of rotatable bonds is 4. The van der Waals surface area contributed by atoms with Crippen molar-refractivity contribution in [2.24, 2.45) is 5.16 Å². The Kier molecular flexibility index (Phi) is 4.00. The van der Waals surface area contributed by atoms with Crippen LogP contribution in [-0.2, 0) is 9.63 Å². The molecule has 1 atom stereocenters. The highest BCUT2D eigenvalue weighted by Gasteiger charge is 2.28. The minimum Gasteiger partial charge on any atom is -0.444 e. The van der Waals surface area contributed by atoms with Gasteiger partial charge in [-0.05, 0) is 17.7 Å². The molecule has 0 fully saturated rings. The van der Waals surface area contributed by atoms with Crippen LogP contribution in [0.25, 0.3) is 11.3 Å². The fraction of sp³-hybridized carbons (Fsp3) is 0.105. The summed E-state index contributed by atoms with van der Waals surface area (Å²) in [5.41, 5.74) is 3.24. The zero-order valence-electron chi connectivity index (χ0n) is 13.3. The van der Waals surface area contributed by atoms with Crippen LogP contribution in [0, 0.1) is 0 Å². The van der Waals surface area contributed by atoms with Gasteiger partial charge in [-0.1, -0.05) is 47.6 Å². The van der Waals surface area contributed by atoms with E-state index in [4.69, 9.17) is 9.25 Å². The van der Waals surface area contributed by atoms with Crippen LogP contribution in [0.4, 0.5) is 5.69 Å². The van der Waals surface area contributed by atoms with Crippen molar-refractivity contribution in [2.75, 3.05) is 5.32 Å². The summed E-state index contributed by atoms with van der Waals surface area (Å²) in [6.45, 7) is 0. The quantitative estimate of drug-likeness (QED) is 0.793. The topological polar surface area (TPSA) is 76.7 Å². The molecule has 0 saturated heterocycles. The Labute approximate surface area is 144 Å². The summed E-state index contributed by atoms with van der Waals surface area (Å²) in [5.74, 6) is 0.410. The van der Waals surface area contributed by atoms with E-state index >= 15 is 0 Å². The molecule has 0 bridgehead atoms. The third-order valence-corrected chi connectivity index (χ3v) is 3.92. The van der Waals surface area contributed by atoms with Crippen molar-refractivity contribution >= 4 is 17.3 Å². The fourth-order valence-corrected chi connectivity index (χ4v) is 2.65. The molecule has 0 spiro atoms. The first-order valence-electron chi connectivity index (χ1n) is 7.87. The highest BCUT2D eigenvalue weighted by Crippen LogP contribution is 2.23. The van der Waals surface area contributed by atoms with E-state index in [1.54, 1.807) is 6.20 Å². The fourth-order valence-electron chi connectivity index (χ4n) is 2.65. The number of hydrogen-bond donors (Lipinski definition) is 1. The lowest BCUT2D eigenvalue weighted by molar-refractivity contribution is -0.125. The van der Waals surface area contributed by atoms with Gasteiger partial charge in [0.15, 0.2) is 12.2 Å². The second-order valence-corrected chi connectivity index (χ2v) is 5.64. The molecular weight excluding hydrogens is 318 g/mol. The Morgan fingerprint density at radius 2 is 1.92 bits per heavy atom. The molecule has 1 aliphatic rings. The molecule has 1 N–H and O–H groups in total. The molecule has 25 heavy (non-hydrogen) atoms. The Balaban J connectivity index is 1.43. The number of oxazole rings is 1. The van der Waals surface area contributed by atoms with Gasteiger partial charge in [0.05, 0.1) is 11.9 Å². The highest BCUT2D eigenvalue weighted by molar-refractivity contribution is 6.06. The molecule has 1 aromatic heterocycles. The highest BCUT2D eigenvalue weighted by atomic mass is 16.6. The van der Waals surface area contributed by atoms with Crippen LogP contribution in [0.15, 0.2) is 76.8 Å². The van der Waals surface area contributed by atoms with Crippen molar-refractivity contribution in [2.45, 2.75) is 12.5 Å². The zero-order valence-corrected chi connectivity index (χ0v) is 13.3. The third-order valence-electron chi connectivity index (χ3n) is 3.92. The average Bonchev–Trinajstić information content (AvgIpc) is 3.35. The molecule has 0 aliphatic carbocycles. The van der Waals surface area contributed by atoms with Gasteiger partial charge in [-0.3, -0.25) is 4.79 Å². The molecule has 1 amide bonds. The van der Waals surface area contributed by atoms with E-state index in [1.807, 2.05) is 54.6 Å². The van der Waals surface area contributed by atoms with Crippen molar-refractivity contribution < 1.29 is 14.0 Å². The Bertz CT molecular complexity index is 905. The minimum absolute atomic E-state index is 0.232. The molecule has 2 aromatic carbocycles. The van der Waals surface area contributed by atoms with Gasteiger partial charge in [-0.2, -0.15) is 0 Å². The van der Waals surface area contributed by atoms with Crippen LogP contribution >= 0.6 is 0 Å². The van der Waals surface area contributed by atoms with E-state index < -0.39 is 6.10 Å². The van der Waals surface area contributed by atoms with Gasteiger partial charge in [0.1, 0.15) is 0 Å². The van der Waals surface area contributed by atoms with Gasteiger partial charge in [-0.15, -0.1) is 0 Å². The maximum atomic E-state index is 12.4. The number of carbonyl (C=O) groups excluding carboxylic acids is 1. The third kappa shape index (κ3) is 3.28. The van der Waals surface area contributed by atoms with Crippen LogP contribution in [0.2, 0.25) is 0 Å². The summed E-state index contributed by atoms with van der Waals surface area (Å²) in [5, 5.41) is 6.90. The van der Waals surface area contributed by atoms with Gasteiger partial charge < -0.3 is 14.6 Å². The van der Waals surface area contributed by atoms with Crippen LogP contribution in [0.3, 0.4) is 0 Å². The van der Waals surface area contributed by atoms with Crippen molar-refractivity contribution in [3.63, 3.8) is 0 Å². The summed E-state index contributed by atoms with van der Waals surface area (Å²) in [6, 6.07) is 17.1. The maximum absolute atomic E-state index is 12.4. The molecule has 0 saturated carbocycles. The molecule has 3 aromatic rings. The first kappa shape index (κ1) is 15.1. The van der Waals surface area contributed by atoms with Crippen LogP contribution < -0.4 is 5.32 Å². The lowest BCUT2D eigenvalue weighted by atomic mass is 10.0. The van der Waals surface area contributed by atoms with Crippen molar-refractivity contribution in [1.29, 1.82) is 0 Å². The Morgan fingerprint density at radius 1 is 1.08 bits per heavy atom. The number of nitrogens with zero attached hydrogens (tertiary/aromatic N) is 2. The summed E-state index contributed by atoms with van der Waals surface area (Å²) >= 11 is 0. The molecule has 4 rings (SSSR count). The monoisotopic (exact) mass is 333 g/mol. The number of nitrogens with one attached hydrogen (secondary N) is 1. The second-order valence-electron chi connectivity index (χ2n) is 5.64. The first-order chi connectivity index (χ1) is 12.3. The number of oxime groups is 1. The largest absolute Gasteiger partial charge is 0.444 e. The molecule has 0 radical (unpaired) electrons. The van der Waals surface area contributed by atoms with Crippen molar-refractivity contribution in [3.8, 4) is 11.3 Å². The summed E-state index contributed by atoms with van der Waals surface area (Å²) in [6.07, 6.45) is 2.80. The smallest absolute Gasteiger partial charge is 0.268 e. The van der Waals surface area contributed by atoms with E-state index in [1.165, 1.54) is 6.39 Å². The second kappa shape index (κ2) is 6.60. The van der Waals surface area contributed by atoms with Gasteiger partial charge in [-0.25, -0.2) is 4.98 Å². The summed E-state index contributed by atoms with van der Waals surface area (Å²) in [7, 11) is 0. The molecule has 0 unspecified atom stereocenters. The van der Waals surface area contributed by atoms with Crippen molar-refractivity contribution in [3.05, 3.63) is 72.8 Å². The van der Waals surface area contributed by atoms with E-state index in [2.05, 4.69) is 15.5 Å². The Morgan fingerprint density at radius 3 is 2.72 bits per heavy atom. The SMILES string of the molecule is O=C(Nc1cccc(-c2cnco2)c1)[C@H]1CC(c2ccccc2)=NO1. The average molecular weight is 333 g/mol. The van der Waals surface area contributed by atoms with Gasteiger partial charge in [0.25, 0.3) is 5.91 Å². The van der Waals surface area contributed by atoms with Crippen molar-refractivity contribution in [1.82, 2.24) is 4.98 Å².